The Kier molecular flexibility index (Phi) is 4.54. The number of hydrogen-bond donors (Lipinski definition) is 3. The molecular formula is C13H14F2N4O3. The molecule has 0 spiro atoms. The van der Waals surface area contributed by atoms with E-state index in [0.29, 0.717) is 22.5 Å². The molecule has 2 aromatic rings. The number of nitrogens with zero attached hydrogens (tertiary/aromatic N) is 1. The molecule has 0 aliphatic rings. The molecule has 2 aromatic heterocycles. The SMILES string of the molecule is COc1ccc2[nH]c(C(N)=O)c(CCNC(=O)C(F)F)c2n1. The highest BCUT2D eigenvalue weighted by molar-refractivity contribution is 5.99. The van der Waals surface area contributed by atoms with Gasteiger partial charge in [-0.3, -0.25) is 9.59 Å². The number of nitrogens with one attached hydrogen (secondary N) is 2. The van der Waals surface area contributed by atoms with Gasteiger partial charge in [-0.05, 0) is 12.5 Å². The first-order valence-electron chi connectivity index (χ1n) is 6.35. The quantitative estimate of drug-likeness (QED) is 0.725. The molecular weight excluding hydrogens is 298 g/mol. The summed E-state index contributed by atoms with van der Waals surface area (Å²) in [7, 11) is 1.44. The van der Waals surface area contributed by atoms with Crippen LogP contribution >= 0.6 is 0 Å². The third-order valence-electron chi connectivity index (χ3n) is 3.04. The number of hydrogen-bond acceptors (Lipinski definition) is 4. The molecule has 118 valence electrons. The standard InChI is InChI=1S/C13H14F2N4O3/c1-22-8-3-2-7-9(19-8)6(10(18-7)12(16)20)4-5-17-13(21)11(14)15/h2-3,11,18H,4-5H2,1H3,(H2,16,20)(H,17,21). The van der Waals surface area contributed by atoms with Crippen molar-refractivity contribution in [3.05, 3.63) is 23.4 Å². The van der Waals surface area contributed by atoms with Crippen LogP contribution in [0.15, 0.2) is 12.1 Å². The molecule has 2 amide bonds. The number of aromatic amines is 1. The Balaban J connectivity index is 2.30. The Labute approximate surface area is 123 Å². The van der Waals surface area contributed by atoms with Crippen molar-refractivity contribution in [1.82, 2.24) is 15.3 Å². The van der Waals surface area contributed by atoms with E-state index in [1.54, 1.807) is 12.1 Å². The molecule has 22 heavy (non-hydrogen) atoms. The van der Waals surface area contributed by atoms with Crippen LogP contribution in [-0.2, 0) is 11.2 Å². The Morgan fingerprint density at radius 3 is 2.77 bits per heavy atom. The predicted molar refractivity (Wildman–Crippen MR) is 73.9 cm³/mol. The number of aromatic nitrogens is 2. The summed E-state index contributed by atoms with van der Waals surface area (Å²) in [6, 6.07) is 3.26. The van der Waals surface area contributed by atoms with Crippen LogP contribution in [0.25, 0.3) is 11.0 Å². The Hall–Kier alpha value is -2.71. The number of rotatable bonds is 6. The van der Waals surface area contributed by atoms with E-state index < -0.39 is 18.2 Å². The molecule has 2 rings (SSSR count). The summed E-state index contributed by atoms with van der Waals surface area (Å²) in [4.78, 5) is 29.4. The van der Waals surface area contributed by atoms with Crippen LogP contribution < -0.4 is 15.8 Å². The minimum absolute atomic E-state index is 0.0741. The van der Waals surface area contributed by atoms with Crippen molar-refractivity contribution in [3.8, 4) is 5.88 Å². The molecule has 0 aromatic carbocycles. The predicted octanol–water partition coefficient (Wildman–Crippen LogP) is 0.594. The number of carbonyl (C=O) groups is 2. The van der Waals surface area contributed by atoms with Gasteiger partial charge in [-0.2, -0.15) is 8.78 Å². The first-order valence-corrected chi connectivity index (χ1v) is 6.35. The summed E-state index contributed by atoms with van der Waals surface area (Å²) in [5.74, 6) is -1.74. The smallest absolute Gasteiger partial charge is 0.315 e. The zero-order valence-corrected chi connectivity index (χ0v) is 11.7. The van der Waals surface area contributed by atoms with Crippen LogP contribution in [-0.4, -0.2) is 41.9 Å². The van der Waals surface area contributed by atoms with Crippen molar-refractivity contribution in [2.24, 2.45) is 5.73 Å². The second kappa shape index (κ2) is 6.37. The largest absolute Gasteiger partial charge is 0.481 e. The van der Waals surface area contributed by atoms with Gasteiger partial charge in [0.2, 0.25) is 5.88 Å². The second-order valence-corrected chi connectivity index (χ2v) is 4.43. The van der Waals surface area contributed by atoms with Gasteiger partial charge >= 0.3 is 6.43 Å². The maximum Gasteiger partial charge on any atom is 0.315 e. The molecule has 9 heteroatoms. The van der Waals surface area contributed by atoms with Gasteiger partial charge in [0.05, 0.1) is 18.1 Å². The lowest BCUT2D eigenvalue weighted by atomic mass is 10.1. The van der Waals surface area contributed by atoms with Crippen LogP contribution in [0.1, 0.15) is 16.1 Å². The van der Waals surface area contributed by atoms with Crippen molar-refractivity contribution < 1.29 is 23.1 Å². The summed E-state index contributed by atoms with van der Waals surface area (Å²) in [5.41, 5.74) is 6.86. The van der Waals surface area contributed by atoms with Crippen LogP contribution in [0.2, 0.25) is 0 Å². The van der Waals surface area contributed by atoms with Gasteiger partial charge in [-0.1, -0.05) is 0 Å². The van der Waals surface area contributed by atoms with E-state index >= 15 is 0 Å². The maximum atomic E-state index is 12.1. The lowest BCUT2D eigenvalue weighted by Crippen LogP contribution is -2.31. The van der Waals surface area contributed by atoms with Gasteiger partial charge in [0, 0.05) is 18.2 Å². The zero-order valence-electron chi connectivity index (χ0n) is 11.7. The molecule has 0 saturated carbocycles. The topological polar surface area (TPSA) is 110 Å². The fourth-order valence-electron chi connectivity index (χ4n) is 2.06. The monoisotopic (exact) mass is 312 g/mol. The molecule has 0 aliphatic heterocycles. The number of carbonyl (C=O) groups excluding carboxylic acids is 2. The lowest BCUT2D eigenvalue weighted by molar-refractivity contribution is -0.131. The fraction of sp³-hybridized carbons (Fsp3) is 0.308. The van der Waals surface area contributed by atoms with E-state index in [1.807, 2.05) is 0 Å². The van der Waals surface area contributed by atoms with E-state index in [2.05, 4.69) is 15.3 Å². The van der Waals surface area contributed by atoms with Gasteiger partial charge in [0.25, 0.3) is 11.8 Å². The highest BCUT2D eigenvalue weighted by Crippen LogP contribution is 2.23. The zero-order chi connectivity index (χ0) is 16.3. The molecule has 7 nitrogen and oxygen atoms in total. The summed E-state index contributed by atoms with van der Waals surface area (Å²) < 4.78 is 29.3. The summed E-state index contributed by atoms with van der Waals surface area (Å²) in [5, 5.41) is 2.07. The number of H-pyrrole nitrogens is 1. The lowest BCUT2D eigenvalue weighted by Gasteiger charge is -2.05. The number of nitrogens with two attached hydrogens (primary N) is 1. The third kappa shape index (κ3) is 3.13. The van der Waals surface area contributed by atoms with Crippen LogP contribution in [0, 0.1) is 0 Å². The van der Waals surface area contributed by atoms with Crippen molar-refractivity contribution in [3.63, 3.8) is 0 Å². The third-order valence-corrected chi connectivity index (χ3v) is 3.04. The number of methoxy groups -OCH3 is 1. The first kappa shape index (κ1) is 15.7. The van der Waals surface area contributed by atoms with E-state index in [9.17, 15) is 18.4 Å². The average Bonchev–Trinajstić information content (AvgIpc) is 2.85. The number of pyridine rings is 1. The van der Waals surface area contributed by atoms with Gasteiger partial charge in [0.15, 0.2) is 0 Å². The minimum atomic E-state index is -3.09. The summed E-state index contributed by atoms with van der Waals surface area (Å²) in [6.07, 6.45) is -2.96. The van der Waals surface area contributed by atoms with Gasteiger partial charge in [0.1, 0.15) is 5.69 Å². The molecule has 2 heterocycles. The highest BCUT2D eigenvalue weighted by atomic mass is 19.3. The number of halogens is 2. The normalized spacial score (nSPS) is 10.9. The van der Waals surface area contributed by atoms with E-state index in [-0.39, 0.29) is 18.7 Å². The van der Waals surface area contributed by atoms with Crippen molar-refractivity contribution in [2.75, 3.05) is 13.7 Å². The second-order valence-electron chi connectivity index (χ2n) is 4.43. The Morgan fingerprint density at radius 2 is 2.18 bits per heavy atom. The molecule has 0 aliphatic carbocycles. The van der Waals surface area contributed by atoms with Crippen molar-refractivity contribution >= 4 is 22.8 Å². The molecule has 0 bridgehead atoms. The van der Waals surface area contributed by atoms with E-state index in [0.717, 1.165) is 0 Å². The number of primary amides is 1. The molecule has 0 fully saturated rings. The van der Waals surface area contributed by atoms with Crippen LogP contribution in [0.4, 0.5) is 8.78 Å². The number of amides is 2. The van der Waals surface area contributed by atoms with E-state index in [1.165, 1.54) is 7.11 Å². The van der Waals surface area contributed by atoms with Crippen molar-refractivity contribution in [1.29, 1.82) is 0 Å². The van der Waals surface area contributed by atoms with Crippen molar-refractivity contribution in [2.45, 2.75) is 12.8 Å². The summed E-state index contributed by atoms with van der Waals surface area (Å²) in [6.45, 7) is -0.0741. The molecule has 0 saturated heterocycles. The number of alkyl halides is 2. The van der Waals surface area contributed by atoms with Gasteiger partial charge in [-0.25, -0.2) is 4.98 Å². The Morgan fingerprint density at radius 1 is 1.45 bits per heavy atom. The average molecular weight is 312 g/mol. The van der Waals surface area contributed by atoms with Crippen LogP contribution in [0.5, 0.6) is 5.88 Å². The molecule has 0 unspecified atom stereocenters. The van der Waals surface area contributed by atoms with Crippen LogP contribution in [0.3, 0.4) is 0 Å². The fourth-order valence-corrected chi connectivity index (χ4v) is 2.06. The van der Waals surface area contributed by atoms with E-state index in [4.69, 9.17) is 10.5 Å². The number of fused-ring (bicyclic) bond motifs is 1. The molecule has 0 radical (unpaired) electrons. The maximum absolute atomic E-state index is 12.1. The van der Waals surface area contributed by atoms with Gasteiger partial charge in [-0.15, -0.1) is 0 Å². The summed E-state index contributed by atoms with van der Waals surface area (Å²) >= 11 is 0. The number of ether oxygens (including phenoxy) is 1. The van der Waals surface area contributed by atoms with Gasteiger partial charge < -0.3 is 20.8 Å². The molecule has 0 atom stereocenters. The minimum Gasteiger partial charge on any atom is -0.481 e. The Bertz CT molecular complexity index is 715. The molecule has 4 N–H and O–H groups in total. The first-order chi connectivity index (χ1) is 10.4. The highest BCUT2D eigenvalue weighted by Gasteiger charge is 2.19.